The molecule has 0 aliphatic carbocycles. The number of aromatic amines is 1. The van der Waals surface area contributed by atoms with E-state index in [1.165, 1.54) is 22.0 Å². The monoisotopic (exact) mass is 361 g/mol. The van der Waals surface area contributed by atoms with Gasteiger partial charge in [0.2, 0.25) is 0 Å². The third-order valence-corrected chi connectivity index (χ3v) is 6.20. The van der Waals surface area contributed by atoms with Crippen molar-refractivity contribution in [2.24, 2.45) is 0 Å². The van der Waals surface area contributed by atoms with Crippen molar-refractivity contribution in [3.8, 4) is 0 Å². The minimum atomic E-state index is -0.277. The van der Waals surface area contributed by atoms with Crippen molar-refractivity contribution in [2.45, 2.75) is 57.6 Å². The van der Waals surface area contributed by atoms with Crippen molar-refractivity contribution in [1.82, 2.24) is 4.98 Å². The second kappa shape index (κ2) is 6.85. The summed E-state index contributed by atoms with van der Waals surface area (Å²) in [6.07, 6.45) is 3.86. The lowest BCUT2D eigenvalue weighted by atomic mass is 9.76. The highest BCUT2D eigenvalue weighted by Gasteiger charge is 2.50. The van der Waals surface area contributed by atoms with Gasteiger partial charge in [-0.15, -0.1) is 0 Å². The fraction of sp³-hybridized carbons (Fsp3) is 0.391. The van der Waals surface area contributed by atoms with Gasteiger partial charge >= 0.3 is 7.12 Å². The first-order valence-corrected chi connectivity index (χ1v) is 9.84. The first-order valence-electron chi connectivity index (χ1n) is 9.84. The van der Waals surface area contributed by atoms with E-state index in [4.69, 9.17) is 9.31 Å². The van der Waals surface area contributed by atoms with E-state index in [-0.39, 0.29) is 18.3 Å². The SMILES string of the molecule is CC1(C)OB(CCC(c2ccccc2)c2cccc3[nH]ccc23)OC1(C)C. The molecule has 0 radical (unpaired) electrons. The quantitative estimate of drug-likeness (QED) is 0.585. The molecule has 0 spiro atoms. The van der Waals surface area contributed by atoms with Crippen LogP contribution < -0.4 is 0 Å². The summed E-state index contributed by atoms with van der Waals surface area (Å²) in [5, 5.41) is 1.29. The fourth-order valence-electron chi connectivity index (χ4n) is 3.99. The fourth-order valence-corrected chi connectivity index (χ4v) is 3.99. The van der Waals surface area contributed by atoms with Crippen LogP contribution in [0.2, 0.25) is 6.32 Å². The predicted octanol–water partition coefficient (Wildman–Crippen LogP) is 5.78. The summed E-state index contributed by atoms with van der Waals surface area (Å²) >= 11 is 0. The van der Waals surface area contributed by atoms with E-state index >= 15 is 0 Å². The van der Waals surface area contributed by atoms with Gasteiger partial charge in [0.1, 0.15) is 0 Å². The molecular weight excluding hydrogens is 333 g/mol. The van der Waals surface area contributed by atoms with Crippen LogP contribution in [0.4, 0.5) is 0 Å². The Morgan fingerprint density at radius 2 is 1.59 bits per heavy atom. The molecule has 4 rings (SSSR count). The summed E-state index contributed by atoms with van der Waals surface area (Å²) in [6, 6.07) is 19.5. The van der Waals surface area contributed by atoms with Gasteiger partial charge in [0.15, 0.2) is 0 Å². The van der Waals surface area contributed by atoms with E-state index in [1.54, 1.807) is 0 Å². The average Bonchev–Trinajstić information content (AvgIpc) is 3.18. The number of hydrogen-bond donors (Lipinski definition) is 1. The number of nitrogens with one attached hydrogen (secondary N) is 1. The molecule has 140 valence electrons. The van der Waals surface area contributed by atoms with Crippen molar-refractivity contribution in [3.05, 3.63) is 71.9 Å². The Bertz CT molecular complexity index is 900. The number of aromatic nitrogens is 1. The second-order valence-corrected chi connectivity index (χ2v) is 8.51. The van der Waals surface area contributed by atoms with Gasteiger partial charge < -0.3 is 14.3 Å². The van der Waals surface area contributed by atoms with Crippen LogP contribution in [0.25, 0.3) is 10.9 Å². The van der Waals surface area contributed by atoms with Gasteiger partial charge in [0.25, 0.3) is 0 Å². The number of benzene rings is 2. The molecule has 1 aromatic heterocycles. The molecule has 1 aliphatic heterocycles. The first-order chi connectivity index (χ1) is 12.9. The molecule has 1 atom stereocenters. The maximum Gasteiger partial charge on any atom is 0.457 e. The van der Waals surface area contributed by atoms with E-state index in [2.05, 4.69) is 87.3 Å². The summed E-state index contributed by atoms with van der Waals surface area (Å²) < 4.78 is 12.5. The lowest BCUT2D eigenvalue weighted by Crippen LogP contribution is -2.41. The van der Waals surface area contributed by atoms with Crippen molar-refractivity contribution < 1.29 is 9.31 Å². The van der Waals surface area contributed by atoms with Crippen LogP contribution in [0.1, 0.15) is 51.2 Å². The van der Waals surface area contributed by atoms with Crippen LogP contribution in [0.15, 0.2) is 60.8 Å². The summed E-state index contributed by atoms with van der Waals surface area (Å²) in [4.78, 5) is 3.34. The molecule has 1 saturated heterocycles. The highest BCUT2D eigenvalue weighted by atomic mass is 16.7. The number of fused-ring (bicyclic) bond motifs is 1. The lowest BCUT2D eigenvalue weighted by Gasteiger charge is -2.32. The molecule has 3 aromatic rings. The van der Waals surface area contributed by atoms with Gasteiger partial charge in [0.05, 0.1) is 11.2 Å². The highest BCUT2D eigenvalue weighted by molar-refractivity contribution is 6.45. The van der Waals surface area contributed by atoms with Crippen LogP contribution in [0.3, 0.4) is 0 Å². The number of rotatable bonds is 5. The molecule has 1 aliphatic rings. The van der Waals surface area contributed by atoms with E-state index in [1.807, 2.05) is 6.20 Å². The molecule has 0 bridgehead atoms. The van der Waals surface area contributed by atoms with Crippen LogP contribution in [-0.2, 0) is 9.31 Å². The maximum absolute atomic E-state index is 6.23. The minimum absolute atomic E-state index is 0.161. The summed E-state index contributed by atoms with van der Waals surface area (Å²) in [5.41, 5.74) is 3.32. The maximum atomic E-state index is 6.23. The largest absolute Gasteiger partial charge is 0.457 e. The zero-order chi connectivity index (χ0) is 19.1. The Labute approximate surface area is 162 Å². The van der Waals surface area contributed by atoms with E-state index < -0.39 is 0 Å². The molecule has 1 fully saturated rings. The van der Waals surface area contributed by atoms with Crippen molar-refractivity contribution in [1.29, 1.82) is 0 Å². The van der Waals surface area contributed by atoms with Crippen molar-refractivity contribution >= 4 is 18.0 Å². The van der Waals surface area contributed by atoms with E-state index in [9.17, 15) is 0 Å². The van der Waals surface area contributed by atoms with Gasteiger partial charge in [-0.3, -0.25) is 0 Å². The minimum Gasteiger partial charge on any atom is -0.403 e. The molecule has 4 heteroatoms. The van der Waals surface area contributed by atoms with Crippen molar-refractivity contribution in [3.63, 3.8) is 0 Å². The molecule has 0 saturated carbocycles. The van der Waals surface area contributed by atoms with Crippen molar-refractivity contribution in [2.75, 3.05) is 0 Å². The summed E-state index contributed by atoms with van der Waals surface area (Å²) in [5.74, 6) is 0.310. The van der Waals surface area contributed by atoms with Gasteiger partial charge in [-0.25, -0.2) is 0 Å². The van der Waals surface area contributed by atoms with E-state index in [0.29, 0.717) is 5.92 Å². The average molecular weight is 361 g/mol. The number of H-pyrrole nitrogens is 1. The second-order valence-electron chi connectivity index (χ2n) is 8.51. The van der Waals surface area contributed by atoms with Crippen LogP contribution in [-0.4, -0.2) is 23.3 Å². The molecular formula is C23H28BNO2. The predicted molar refractivity (Wildman–Crippen MR) is 112 cm³/mol. The van der Waals surface area contributed by atoms with E-state index in [0.717, 1.165) is 12.7 Å². The topological polar surface area (TPSA) is 34.2 Å². The first kappa shape index (κ1) is 18.3. The zero-order valence-electron chi connectivity index (χ0n) is 16.7. The summed E-state index contributed by atoms with van der Waals surface area (Å²) in [6.45, 7) is 8.45. The standard InChI is InChI=1S/C23H28BNO2/c1-22(2)23(3,4)27-24(26-22)15-13-18(17-9-6-5-7-10-17)19-11-8-12-21-20(19)14-16-25-21/h5-12,14,16,18,25H,13,15H2,1-4H3. The van der Waals surface area contributed by atoms with Gasteiger partial charge in [0, 0.05) is 23.0 Å². The van der Waals surface area contributed by atoms with Gasteiger partial charge in [-0.05, 0) is 63.7 Å². The molecule has 2 heterocycles. The lowest BCUT2D eigenvalue weighted by molar-refractivity contribution is 0.00578. The highest BCUT2D eigenvalue weighted by Crippen LogP contribution is 2.40. The Kier molecular flexibility index (Phi) is 4.65. The molecule has 3 nitrogen and oxygen atoms in total. The molecule has 1 N–H and O–H groups in total. The van der Waals surface area contributed by atoms with Crippen LogP contribution in [0, 0.1) is 0 Å². The Morgan fingerprint density at radius 1 is 0.889 bits per heavy atom. The summed E-state index contributed by atoms with van der Waals surface area (Å²) in [7, 11) is -0.161. The zero-order valence-corrected chi connectivity index (χ0v) is 16.7. The molecule has 0 amide bonds. The third kappa shape index (κ3) is 3.44. The Morgan fingerprint density at radius 3 is 2.30 bits per heavy atom. The van der Waals surface area contributed by atoms with Crippen LogP contribution in [0.5, 0.6) is 0 Å². The molecule has 27 heavy (non-hydrogen) atoms. The third-order valence-electron chi connectivity index (χ3n) is 6.20. The smallest absolute Gasteiger partial charge is 0.403 e. The Balaban J connectivity index is 1.62. The van der Waals surface area contributed by atoms with Gasteiger partial charge in [-0.2, -0.15) is 0 Å². The molecule has 1 unspecified atom stereocenters. The number of hydrogen-bond acceptors (Lipinski definition) is 2. The van der Waals surface area contributed by atoms with Crippen LogP contribution >= 0.6 is 0 Å². The molecule has 2 aromatic carbocycles. The van der Waals surface area contributed by atoms with Gasteiger partial charge in [-0.1, -0.05) is 42.5 Å². The normalized spacial score (nSPS) is 19.5. The Hall–Kier alpha value is -2.04.